The lowest BCUT2D eigenvalue weighted by Crippen LogP contribution is -2.50. The number of carbonyl (C=O) groups excluding carboxylic acids is 1. The molecule has 2 aliphatic rings. The number of urea groups is 1. The van der Waals surface area contributed by atoms with Gasteiger partial charge in [-0.15, -0.1) is 0 Å². The summed E-state index contributed by atoms with van der Waals surface area (Å²) >= 11 is 0. The quantitative estimate of drug-likeness (QED) is 0.819. The van der Waals surface area contributed by atoms with Gasteiger partial charge in [-0.2, -0.15) is 0 Å². The highest BCUT2D eigenvalue weighted by Gasteiger charge is 2.40. The first kappa shape index (κ1) is 15.1. The molecule has 0 spiro atoms. The monoisotopic (exact) mass is 284 g/mol. The molecular weight excluding hydrogens is 260 g/mol. The van der Waals surface area contributed by atoms with Crippen molar-refractivity contribution in [2.75, 3.05) is 13.7 Å². The molecule has 0 aromatic rings. The number of hydrogen-bond donors (Lipinski definition) is 2. The Bertz CT molecular complexity index is 368. The van der Waals surface area contributed by atoms with Crippen LogP contribution in [0.2, 0.25) is 0 Å². The van der Waals surface area contributed by atoms with Gasteiger partial charge in [0.05, 0.1) is 6.10 Å². The Morgan fingerprint density at radius 2 is 2.00 bits per heavy atom. The van der Waals surface area contributed by atoms with Crippen LogP contribution >= 0.6 is 0 Å². The van der Waals surface area contributed by atoms with Crippen LogP contribution in [0.1, 0.15) is 39.0 Å². The lowest BCUT2D eigenvalue weighted by atomic mass is 10.00. The molecule has 1 aliphatic heterocycles. The molecule has 114 valence electrons. The van der Waals surface area contributed by atoms with Crippen LogP contribution in [0.25, 0.3) is 0 Å². The summed E-state index contributed by atoms with van der Waals surface area (Å²) in [7, 11) is 1.55. The summed E-state index contributed by atoms with van der Waals surface area (Å²) in [4.78, 5) is 24.9. The Kier molecular flexibility index (Phi) is 4.86. The van der Waals surface area contributed by atoms with Crippen LogP contribution in [0.5, 0.6) is 0 Å². The topological polar surface area (TPSA) is 78.9 Å². The zero-order valence-corrected chi connectivity index (χ0v) is 12.2. The highest BCUT2D eigenvalue weighted by atomic mass is 16.5. The van der Waals surface area contributed by atoms with Gasteiger partial charge in [-0.05, 0) is 25.7 Å². The number of aliphatic carboxylic acids is 1. The molecule has 0 aromatic carbocycles. The van der Waals surface area contributed by atoms with Crippen LogP contribution in [-0.2, 0) is 9.53 Å². The van der Waals surface area contributed by atoms with Crippen molar-refractivity contribution < 1.29 is 19.4 Å². The van der Waals surface area contributed by atoms with E-state index < -0.39 is 12.0 Å². The SMILES string of the molecule is COC1CC(C(=O)O)N(C(=O)NC(C)C2CCCC2)C1. The van der Waals surface area contributed by atoms with Gasteiger partial charge in [0.15, 0.2) is 0 Å². The Labute approximate surface area is 119 Å². The smallest absolute Gasteiger partial charge is 0.326 e. The van der Waals surface area contributed by atoms with Crippen molar-refractivity contribution in [3.63, 3.8) is 0 Å². The minimum Gasteiger partial charge on any atom is -0.480 e. The van der Waals surface area contributed by atoms with Crippen LogP contribution < -0.4 is 5.32 Å². The molecule has 6 nitrogen and oxygen atoms in total. The second kappa shape index (κ2) is 6.43. The van der Waals surface area contributed by atoms with Crippen molar-refractivity contribution in [1.82, 2.24) is 10.2 Å². The lowest BCUT2D eigenvalue weighted by molar-refractivity contribution is -0.141. The number of methoxy groups -OCH3 is 1. The van der Waals surface area contributed by atoms with E-state index in [1.54, 1.807) is 7.11 Å². The number of carbonyl (C=O) groups is 2. The minimum atomic E-state index is -0.965. The van der Waals surface area contributed by atoms with Gasteiger partial charge in [0.25, 0.3) is 0 Å². The van der Waals surface area contributed by atoms with Crippen LogP contribution in [-0.4, -0.2) is 53.8 Å². The number of carboxylic acid groups (broad SMARTS) is 1. The summed E-state index contributed by atoms with van der Waals surface area (Å²) in [5.41, 5.74) is 0. The highest BCUT2D eigenvalue weighted by molar-refractivity contribution is 5.83. The van der Waals surface area contributed by atoms with Gasteiger partial charge < -0.3 is 20.1 Å². The number of hydrogen-bond acceptors (Lipinski definition) is 3. The molecule has 1 aliphatic carbocycles. The van der Waals surface area contributed by atoms with E-state index in [-0.39, 0.29) is 18.2 Å². The van der Waals surface area contributed by atoms with Gasteiger partial charge in [-0.25, -0.2) is 9.59 Å². The minimum absolute atomic E-state index is 0.0982. The number of amides is 2. The normalized spacial score (nSPS) is 28.6. The molecule has 0 radical (unpaired) electrons. The molecule has 2 amide bonds. The third-order valence-electron chi connectivity index (χ3n) is 4.60. The number of ether oxygens (including phenoxy) is 1. The standard InChI is InChI=1S/C14H24N2O4/c1-9(10-5-3-4-6-10)15-14(19)16-8-11(20-2)7-12(16)13(17)18/h9-12H,3-8H2,1-2H3,(H,15,19)(H,17,18). The van der Waals surface area contributed by atoms with E-state index in [0.717, 1.165) is 12.8 Å². The summed E-state index contributed by atoms with van der Waals surface area (Å²) < 4.78 is 5.19. The summed E-state index contributed by atoms with van der Waals surface area (Å²) in [6, 6.07) is -0.965. The Morgan fingerprint density at radius 3 is 2.55 bits per heavy atom. The van der Waals surface area contributed by atoms with E-state index >= 15 is 0 Å². The Hall–Kier alpha value is -1.30. The Balaban J connectivity index is 1.94. The fraction of sp³-hybridized carbons (Fsp3) is 0.857. The van der Waals surface area contributed by atoms with Gasteiger partial charge in [0.2, 0.25) is 0 Å². The van der Waals surface area contributed by atoms with Crippen molar-refractivity contribution in [1.29, 1.82) is 0 Å². The van der Waals surface area contributed by atoms with Crippen molar-refractivity contribution >= 4 is 12.0 Å². The van der Waals surface area contributed by atoms with E-state index in [0.29, 0.717) is 18.9 Å². The number of likely N-dealkylation sites (tertiary alicyclic amines) is 1. The number of rotatable bonds is 4. The molecular formula is C14H24N2O4. The molecule has 2 rings (SSSR count). The lowest BCUT2D eigenvalue weighted by Gasteiger charge is -2.26. The van der Waals surface area contributed by atoms with Crippen molar-refractivity contribution in [2.45, 2.75) is 57.2 Å². The summed E-state index contributed by atoms with van der Waals surface area (Å²) in [6.07, 6.45) is 4.89. The van der Waals surface area contributed by atoms with Crippen LogP contribution in [0, 0.1) is 5.92 Å². The Morgan fingerprint density at radius 1 is 1.35 bits per heavy atom. The molecule has 1 heterocycles. The highest BCUT2D eigenvalue weighted by Crippen LogP contribution is 2.28. The zero-order valence-electron chi connectivity index (χ0n) is 12.2. The van der Waals surface area contributed by atoms with Crippen molar-refractivity contribution in [3.8, 4) is 0 Å². The van der Waals surface area contributed by atoms with Crippen molar-refractivity contribution in [2.24, 2.45) is 5.92 Å². The molecule has 3 atom stereocenters. The molecule has 0 aromatic heterocycles. The first-order chi connectivity index (χ1) is 9.52. The number of nitrogens with zero attached hydrogens (tertiary/aromatic N) is 1. The zero-order chi connectivity index (χ0) is 14.7. The number of nitrogens with one attached hydrogen (secondary N) is 1. The van der Waals surface area contributed by atoms with E-state index in [4.69, 9.17) is 4.74 Å². The summed E-state index contributed by atoms with van der Waals surface area (Å²) in [6.45, 7) is 2.35. The maximum absolute atomic E-state index is 12.3. The fourth-order valence-corrected chi connectivity index (χ4v) is 3.28. The molecule has 3 unspecified atom stereocenters. The second-order valence-corrected chi connectivity index (χ2v) is 5.88. The van der Waals surface area contributed by atoms with E-state index in [1.807, 2.05) is 6.92 Å². The first-order valence-electron chi connectivity index (χ1n) is 7.35. The second-order valence-electron chi connectivity index (χ2n) is 5.88. The summed E-state index contributed by atoms with van der Waals surface area (Å²) in [5, 5.41) is 12.2. The third kappa shape index (κ3) is 3.23. The average Bonchev–Trinajstić information content (AvgIpc) is 3.07. The van der Waals surface area contributed by atoms with Crippen LogP contribution in [0.15, 0.2) is 0 Å². The molecule has 1 saturated heterocycles. The predicted octanol–water partition coefficient (Wildman–Crippen LogP) is 1.45. The molecule has 2 fully saturated rings. The van der Waals surface area contributed by atoms with Crippen LogP contribution in [0.3, 0.4) is 0 Å². The maximum atomic E-state index is 12.3. The molecule has 0 bridgehead atoms. The van der Waals surface area contributed by atoms with Crippen LogP contribution in [0.4, 0.5) is 4.79 Å². The average molecular weight is 284 g/mol. The largest absolute Gasteiger partial charge is 0.480 e. The molecule has 1 saturated carbocycles. The third-order valence-corrected chi connectivity index (χ3v) is 4.60. The van der Waals surface area contributed by atoms with E-state index in [1.165, 1.54) is 17.7 Å². The number of carboxylic acids is 1. The van der Waals surface area contributed by atoms with Gasteiger partial charge >= 0.3 is 12.0 Å². The van der Waals surface area contributed by atoms with Gasteiger partial charge in [-0.3, -0.25) is 0 Å². The van der Waals surface area contributed by atoms with E-state index in [9.17, 15) is 14.7 Å². The van der Waals surface area contributed by atoms with E-state index in [2.05, 4.69) is 5.32 Å². The predicted molar refractivity (Wildman–Crippen MR) is 73.5 cm³/mol. The van der Waals surface area contributed by atoms with Gasteiger partial charge in [-0.1, -0.05) is 12.8 Å². The first-order valence-corrected chi connectivity index (χ1v) is 7.35. The van der Waals surface area contributed by atoms with Crippen molar-refractivity contribution in [3.05, 3.63) is 0 Å². The molecule has 6 heteroatoms. The van der Waals surface area contributed by atoms with Gasteiger partial charge in [0.1, 0.15) is 6.04 Å². The molecule has 2 N–H and O–H groups in total. The fourth-order valence-electron chi connectivity index (χ4n) is 3.28. The molecule has 20 heavy (non-hydrogen) atoms. The maximum Gasteiger partial charge on any atom is 0.326 e. The van der Waals surface area contributed by atoms with Gasteiger partial charge in [0, 0.05) is 26.1 Å². The summed E-state index contributed by atoms with van der Waals surface area (Å²) in [5.74, 6) is -0.448.